The van der Waals surface area contributed by atoms with E-state index in [2.05, 4.69) is 20.8 Å². The Morgan fingerprint density at radius 1 is 0.810 bits per heavy atom. The first-order chi connectivity index (χ1) is 10.2. The summed E-state index contributed by atoms with van der Waals surface area (Å²) < 4.78 is 5.26. The summed E-state index contributed by atoms with van der Waals surface area (Å²) in [5.41, 5.74) is 0. The molecule has 0 spiro atoms. The normalized spacial score (nSPS) is 11.0. The number of unbranched alkanes of at least 4 members (excludes halogenated alkanes) is 9. The molecule has 126 valence electrons. The molecule has 0 radical (unpaired) electrons. The van der Waals surface area contributed by atoms with Crippen LogP contribution < -0.4 is 0 Å². The zero-order chi connectivity index (χ0) is 15.8. The van der Waals surface area contributed by atoms with Crippen molar-refractivity contribution in [1.29, 1.82) is 0 Å². The number of ether oxygens (including phenoxy) is 1. The van der Waals surface area contributed by atoms with Gasteiger partial charge in [-0.3, -0.25) is 4.79 Å². The first-order valence-electron chi connectivity index (χ1n) is 9.32. The predicted molar refractivity (Wildman–Crippen MR) is 91.5 cm³/mol. The fourth-order valence-corrected chi connectivity index (χ4v) is 2.50. The van der Waals surface area contributed by atoms with Crippen molar-refractivity contribution in [2.24, 2.45) is 5.92 Å². The molecule has 0 saturated heterocycles. The molecule has 0 aliphatic carbocycles. The van der Waals surface area contributed by atoms with E-state index in [1.807, 2.05) is 0 Å². The molecule has 0 bridgehead atoms. The molecule has 0 rings (SSSR count). The van der Waals surface area contributed by atoms with E-state index in [9.17, 15) is 4.79 Å². The van der Waals surface area contributed by atoms with Crippen molar-refractivity contribution in [2.75, 3.05) is 6.61 Å². The van der Waals surface area contributed by atoms with Crippen LogP contribution in [0.15, 0.2) is 0 Å². The number of carbonyl (C=O) groups excluding carboxylic acids is 1. The fourth-order valence-electron chi connectivity index (χ4n) is 2.50. The maximum Gasteiger partial charge on any atom is 0.305 e. The highest BCUT2D eigenvalue weighted by Crippen LogP contribution is 2.11. The van der Waals surface area contributed by atoms with Crippen molar-refractivity contribution in [3.8, 4) is 0 Å². The summed E-state index contributed by atoms with van der Waals surface area (Å²) in [5.74, 6) is 0.673. The maximum absolute atomic E-state index is 11.5. The van der Waals surface area contributed by atoms with E-state index in [0.29, 0.717) is 18.9 Å². The third-order valence-corrected chi connectivity index (χ3v) is 3.92. The van der Waals surface area contributed by atoms with Crippen LogP contribution in [0, 0.1) is 5.92 Å². The minimum absolute atomic E-state index is 0.00780. The minimum Gasteiger partial charge on any atom is -0.466 e. The average molecular weight is 299 g/mol. The average Bonchev–Trinajstić information content (AvgIpc) is 2.44. The summed E-state index contributed by atoms with van der Waals surface area (Å²) in [4.78, 5) is 11.5. The van der Waals surface area contributed by atoms with Gasteiger partial charge in [0, 0.05) is 6.42 Å². The summed E-state index contributed by atoms with van der Waals surface area (Å²) in [6.45, 7) is 7.26. The number of hydrogen-bond acceptors (Lipinski definition) is 2. The van der Waals surface area contributed by atoms with Crippen LogP contribution in [0.5, 0.6) is 0 Å². The molecule has 0 N–H and O–H groups in total. The molecule has 21 heavy (non-hydrogen) atoms. The van der Waals surface area contributed by atoms with Gasteiger partial charge in [-0.25, -0.2) is 0 Å². The van der Waals surface area contributed by atoms with Gasteiger partial charge in [-0.2, -0.15) is 0 Å². The van der Waals surface area contributed by atoms with E-state index in [4.69, 9.17) is 4.74 Å². The monoisotopic (exact) mass is 298 g/mol. The lowest BCUT2D eigenvalue weighted by Crippen LogP contribution is -2.06. The third-order valence-electron chi connectivity index (χ3n) is 3.92. The summed E-state index contributed by atoms with van der Waals surface area (Å²) in [6.07, 6.45) is 15.8. The number of rotatable bonds is 15. The Balaban J connectivity index is 3.12. The molecule has 0 unspecified atom stereocenters. The Labute approximate surface area is 133 Å². The highest BCUT2D eigenvalue weighted by molar-refractivity contribution is 5.69. The number of hydrogen-bond donors (Lipinski definition) is 0. The number of carbonyl (C=O) groups is 1. The predicted octanol–water partition coefficient (Wildman–Crippen LogP) is 6.28. The van der Waals surface area contributed by atoms with E-state index >= 15 is 0 Å². The van der Waals surface area contributed by atoms with Gasteiger partial charge in [0.2, 0.25) is 0 Å². The molecule has 0 aromatic rings. The van der Waals surface area contributed by atoms with Crippen LogP contribution in [0.3, 0.4) is 0 Å². The Hall–Kier alpha value is -0.530. The van der Waals surface area contributed by atoms with Gasteiger partial charge in [-0.1, -0.05) is 85.0 Å². The number of esters is 1. The highest BCUT2D eigenvalue weighted by Gasteiger charge is 2.03. The topological polar surface area (TPSA) is 26.3 Å². The quantitative estimate of drug-likeness (QED) is 0.263. The van der Waals surface area contributed by atoms with Gasteiger partial charge in [0.1, 0.15) is 0 Å². The summed E-state index contributed by atoms with van der Waals surface area (Å²) in [5, 5.41) is 0. The van der Waals surface area contributed by atoms with Gasteiger partial charge in [-0.05, 0) is 18.8 Å². The van der Waals surface area contributed by atoms with Crippen LogP contribution in [-0.2, 0) is 9.53 Å². The van der Waals surface area contributed by atoms with Crippen molar-refractivity contribution in [3.05, 3.63) is 0 Å². The first kappa shape index (κ1) is 20.5. The molecule has 0 atom stereocenters. The van der Waals surface area contributed by atoms with Gasteiger partial charge in [0.15, 0.2) is 0 Å². The molecule has 0 aliphatic heterocycles. The van der Waals surface area contributed by atoms with Crippen molar-refractivity contribution < 1.29 is 9.53 Å². The van der Waals surface area contributed by atoms with Crippen LogP contribution in [0.2, 0.25) is 0 Å². The Kier molecular flexibility index (Phi) is 15.5. The summed E-state index contributed by atoms with van der Waals surface area (Å²) in [6, 6.07) is 0. The van der Waals surface area contributed by atoms with Gasteiger partial charge >= 0.3 is 5.97 Å². The van der Waals surface area contributed by atoms with E-state index in [1.54, 1.807) is 0 Å². The Morgan fingerprint density at radius 2 is 1.33 bits per heavy atom. The maximum atomic E-state index is 11.5. The molecule has 2 nitrogen and oxygen atoms in total. The van der Waals surface area contributed by atoms with Crippen molar-refractivity contribution in [2.45, 2.75) is 104 Å². The lowest BCUT2D eigenvalue weighted by atomic mass is 10.1. The molecule has 0 aromatic heterocycles. The van der Waals surface area contributed by atoms with Crippen molar-refractivity contribution in [3.63, 3.8) is 0 Å². The molecule has 0 heterocycles. The van der Waals surface area contributed by atoms with Crippen LogP contribution in [0.1, 0.15) is 104 Å². The fraction of sp³-hybridized carbons (Fsp3) is 0.947. The highest BCUT2D eigenvalue weighted by atomic mass is 16.5. The second kappa shape index (κ2) is 15.9. The molecule has 0 fully saturated rings. The molecular formula is C19H38O2. The zero-order valence-electron chi connectivity index (χ0n) is 14.8. The van der Waals surface area contributed by atoms with Crippen LogP contribution in [0.4, 0.5) is 0 Å². The van der Waals surface area contributed by atoms with E-state index in [1.165, 1.54) is 57.8 Å². The van der Waals surface area contributed by atoms with Gasteiger partial charge < -0.3 is 4.74 Å². The van der Waals surface area contributed by atoms with Gasteiger partial charge in [0.05, 0.1) is 6.61 Å². The Bertz CT molecular complexity index is 224. The summed E-state index contributed by atoms with van der Waals surface area (Å²) >= 11 is 0. The van der Waals surface area contributed by atoms with E-state index in [-0.39, 0.29) is 5.97 Å². The van der Waals surface area contributed by atoms with Crippen molar-refractivity contribution >= 4 is 5.97 Å². The second-order valence-corrected chi connectivity index (χ2v) is 6.69. The molecule has 0 amide bonds. The molecule has 0 aliphatic rings. The molecule has 2 heteroatoms. The van der Waals surface area contributed by atoms with Gasteiger partial charge in [0.25, 0.3) is 0 Å². The largest absolute Gasteiger partial charge is 0.466 e. The zero-order valence-corrected chi connectivity index (χ0v) is 14.8. The van der Waals surface area contributed by atoms with E-state index < -0.39 is 0 Å². The minimum atomic E-state index is -0.00780. The molecular weight excluding hydrogens is 260 g/mol. The van der Waals surface area contributed by atoms with Crippen molar-refractivity contribution in [1.82, 2.24) is 0 Å². The van der Waals surface area contributed by atoms with Crippen LogP contribution in [0.25, 0.3) is 0 Å². The standard InChI is InChI=1S/C19H38O2/c1-4-5-6-7-8-9-10-11-12-13-17-21-19(20)16-14-15-18(2)3/h18H,4-17H2,1-3H3. The van der Waals surface area contributed by atoms with E-state index in [0.717, 1.165) is 19.3 Å². The lowest BCUT2D eigenvalue weighted by molar-refractivity contribution is -0.143. The molecule has 0 aromatic carbocycles. The van der Waals surface area contributed by atoms with Crippen LogP contribution >= 0.6 is 0 Å². The first-order valence-corrected chi connectivity index (χ1v) is 9.32. The second-order valence-electron chi connectivity index (χ2n) is 6.69. The van der Waals surface area contributed by atoms with Crippen LogP contribution in [-0.4, -0.2) is 12.6 Å². The lowest BCUT2D eigenvalue weighted by Gasteiger charge is -2.06. The SMILES string of the molecule is CCCCCCCCCCCCOC(=O)CCCC(C)C. The summed E-state index contributed by atoms with van der Waals surface area (Å²) in [7, 11) is 0. The Morgan fingerprint density at radius 3 is 1.86 bits per heavy atom. The van der Waals surface area contributed by atoms with Gasteiger partial charge in [-0.15, -0.1) is 0 Å². The molecule has 0 saturated carbocycles. The smallest absolute Gasteiger partial charge is 0.305 e. The third kappa shape index (κ3) is 17.4.